The first-order chi connectivity index (χ1) is 9.18. The van der Waals surface area contributed by atoms with Crippen LogP contribution in [0.2, 0.25) is 0 Å². The van der Waals surface area contributed by atoms with E-state index in [1.54, 1.807) is 0 Å². The molecule has 0 fully saturated rings. The fraction of sp³-hybridized carbons (Fsp3) is 0.500. The molecule has 0 bridgehead atoms. The molecule has 0 atom stereocenters. The van der Waals surface area contributed by atoms with Gasteiger partial charge in [-0.3, -0.25) is 4.18 Å². The van der Waals surface area contributed by atoms with Gasteiger partial charge in [0.1, 0.15) is 4.88 Å². The number of halogens is 3. The Kier molecular flexibility index (Phi) is 4.27. The van der Waals surface area contributed by atoms with Crippen LogP contribution in [0.25, 0.3) is 5.57 Å². The SMILES string of the molecule is CS(=O)(=O)OCc1c(C2=CCCC2)csc1C(F)(F)F. The zero-order valence-electron chi connectivity index (χ0n) is 10.7. The second kappa shape index (κ2) is 5.50. The van der Waals surface area contributed by atoms with Crippen LogP contribution in [0.4, 0.5) is 13.2 Å². The van der Waals surface area contributed by atoms with Crippen molar-refractivity contribution in [2.75, 3.05) is 6.26 Å². The molecule has 20 heavy (non-hydrogen) atoms. The summed E-state index contributed by atoms with van der Waals surface area (Å²) in [5.41, 5.74) is 1.22. The highest BCUT2D eigenvalue weighted by Crippen LogP contribution is 2.42. The van der Waals surface area contributed by atoms with E-state index in [-0.39, 0.29) is 5.56 Å². The molecular formula is C12H13F3O3S2. The molecule has 1 aromatic heterocycles. The fourth-order valence-electron chi connectivity index (χ4n) is 2.11. The van der Waals surface area contributed by atoms with Crippen molar-refractivity contribution < 1.29 is 25.8 Å². The van der Waals surface area contributed by atoms with Crippen molar-refractivity contribution in [1.82, 2.24) is 0 Å². The molecule has 0 radical (unpaired) electrons. The molecule has 0 aromatic carbocycles. The second-order valence-corrected chi connectivity index (χ2v) is 7.07. The van der Waals surface area contributed by atoms with Crippen LogP contribution in [0.5, 0.6) is 0 Å². The quantitative estimate of drug-likeness (QED) is 0.790. The summed E-state index contributed by atoms with van der Waals surface area (Å²) in [7, 11) is -3.78. The molecule has 0 spiro atoms. The van der Waals surface area contributed by atoms with Crippen molar-refractivity contribution in [3.05, 3.63) is 27.5 Å². The van der Waals surface area contributed by atoms with E-state index in [1.165, 1.54) is 5.38 Å². The first-order valence-electron chi connectivity index (χ1n) is 5.90. The van der Waals surface area contributed by atoms with Gasteiger partial charge in [-0.25, -0.2) is 0 Å². The molecular weight excluding hydrogens is 313 g/mol. The van der Waals surface area contributed by atoms with E-state index in [0.717, 1.165) is 24.7 Å². The van der Waals surface area contributed by atoms with Crippen LogP contribution in [-0.2, 0) is 27.1 Å². The average molecular weight is 326 g/mol. The minimum absolute atomic E-state index is 0.0823. The number of hydrogen-bond acceptors (Lipinski definition) is 4. The summed E-state index contributed by atoms with van der Waals surface area (Å²) in [5, 5.41) is 1.43. The van der Waals surface area contributed by atoms with Crippen molar-refractivity contribution >= 4 is 27.0 Å². The second-order valence-electron chi connectivity index (χ2n) is 4.54. The van der Waals surface area contributed by atoms with Crippen molar-refractivity contribution in [2.45, 2.75) is 32.0 Å². The summed E-state index contributed by atoms with van der Waals surface area (Å²) in [6, 6.07) is 0. The van der Waals surface area contributed by atoms with Crippen LogP contribution >= 0.6 is 11.3 Å². The van der Waals surface area contributed by atoms with Gasteiger partial charge >= 0.3 is 6.18 Å². The van der Waals surface area contributed by atoms with Gasteiger partial charge in [0.25, 0.3) is 10.1 Å². The molecule has 1 aliphatic rings. The van der Waals surface area contributed by atoms with Crippen molar-refractivity contribution in [1.29, 1.82) is 0 Å². The molecule has 1 aromatic rings. The van der Waals surface area contributed by atoms with Gasteiger partial charge in [0, 0.05) is 5.56 Å². The van der Waals surface area contributed by atoms with Crippen LogP contribution in [-0.4, -0.2) is 14.7 Å². The fourth-order valence-corrected chi connectivity index (χ4v) is 3.42. The molecule has 0 saturated carbocycles. The molecule has 3 nitrogen and oxygen atoms in total. The highest BCUT2D eigenvalue weighted by molar-refractivity contribution is 7.85. The summed E-state index contributed by atoms with van der Waals surface area (Å²) < 4.78 is 65.4. The minimum Gasteiger partial charge on any atom is -0.265 e. The molecule has 0 aliphatic heterocycles. The number of alkyl halides is 3. The Balaban J connectivity index is 2.40. The Bertz CT molecular complexity index is 627. The Morgan fingerprint density at radius 1 is 1.40 bits per heavy atom. The monoisotopic (exact) mass is 326 g/mol. The third kappa shape index (κ3) is 3.62. The lowest BCUT2D eigenvalue weighted by molar-refractivity contribution is -0.135. The smallest absolute Gasteiger partial charge is 0.265 e. The lowest BCUT2D eigenvalue weighted by Gasteiger charge is -2.10. The van der Waals surface area contributed by atoms with Gasteiger partial charge in [-0.15, -0.1) is 11.3 Å². The largest absolute Gasteiger partial charge is 0.425 e. The van der Waals surface area contributed by atoms with Crippen molar-refractivity contribution in [3.63, 3.8) is 0 Å². The summed E-state index contributed by atoms with van der Waals surface area (Å²) >= 11 is 0.580. The first kappa shape index (κ1) is 15.5. The zero-order chi connectivity index (χ0) is 15.0. The third-order valence-corrected chi connectivity index (χ3v) is 4.57. The molecule has 1 aliphatic carbocycles. The topological polar surface area (TPSA) is 43.4 Å². The van der Waals surface area contributed by atoms with Gasteiger partial charge in [0.15, 0.2) is 0 Å². The number of thiophene rings is 1. The zero-order valence-corrected chi connectivity index (χ0v) is 12.3. The third-order valence-electron chi connectivity index (χ3n) is 2.96. The molecule has 0 unspecified atom stereocenters. The van der Waals surface area contributed by atoms with Crippen LogP contribution in [0, 0.1) is 0 Å². The molecule has 0 amide bonds. The van der Waals surface area contributed by atoms with Gasteiger partial charge in [-0.1, -0.05) is 6.08 Å². The lowest BCUT2D eigenvalue weighted by Crippen LogP contribution is -2.10. The van der Waals surface area contributed by atoms with E-state index in [0.29, 0.717) is 23.3 Å². The van der Waals surface area contributed by atoms with E-state index in [4.69, 9.17) is 0 Å². The standard InChI is InChI=1S/C12H13F3O3S2/c1-20(16,17)18-6-9-10(8-4-2-3-5-8)7-19-11(9)12(13,14)15/h4,7H,2-3,5-6H2,1H3. The normalized spacial score (nSPS) is 16.5. The molecule has 1 heterocycles. The number of allylic oxidation sites excluding steroid dienone is 2. The predicted molar refractivity (Wildman–Crippen MR) is 70.8 cm³/mol. The van der Waals surface area contributed by atoms with Crippen molar-refractivity contribution in [2.24, 2.45) is 0 Å². The van der Waals surface area contributed by atoms with Gasteiger partial charge in [0.2, 0.25) is 0 Å². The summed E-state index contributed by atoms with van der Waals surface area (Å²) in [6.07, 6.45) is 0.656. The molecule has 0 saturated heterocycles. The molecule has 2 rings (SSSR count). The summed E-state index contributed by atoms with van der Waals surface area (Å²) in [5.74, 6) is 0. The van der Waals surface area contributed by atoms with Crippen LogP contribution in [0.15, 0.2) is 11.5 Å². The van der Waals surface area contributed by atoms with E-state index < -0.39 is 27.8 Å². The lowest BCUT2D eigenvalue weighted by atomic mass is 10.0. The van der Waals surface area contributed by atoms with Gasteiger partial charge in [-0.05, 0) is 35.8 Å². The number of rotatable bonds is 4. The maximum absolute atomic E-state index is 13.0. The Morgan fingerprint density at radius 2 is 2.10 bits per heavy atom. The molecule has 0 N–H and O–H groups in total. The van der Waals surface area contributed by atoms with Crippen molar-refractivity contribution in [3.8, 4) is 0 Å². The molecule has 8 heteroatoms. The maximum Gasteiger partial charge on any atom is 0.425 e. The molecule has 112 valence electrons. The van der Waals surface area contributed by atoms with Gasteiger partial charge in [-0.2, -0.15) is 21.6 Å². The van der Waals surface area contributed by atoms with E-state index in [2.05, 4.69) is 4.18 Å². The highest BCUT2D eigenvalue weighted by Gasteiger charge is 2.37. The average Bonchev–Trinajstić information content (AvgIpc) is 2.92. The maximum atomic E-state index is 13.0. The highest BCUT2D eigenvalue weighted by atomic mass is 32.2. The van der Waals surface area contributed by atoms with Crippen LogP contribution in [0.3, 0.4) is 0 Å². The van der Waals surface area contributed by atoms with Crippen LogP contribution < -0.4 is 0 Å². The minimum atomic E-state index is -4.50. The van der Waals surface area contributed by atoms with E-state index >= 15 is 0 Å². The predicted octanol–water partition coefficient (Wildman–Crippen LogP) is 3.81. The van der Waals surface area contributed by atoms with E-state index in [1.807, 2.05) is 6.08 Å². The van der Waals surface area contributed by atoms with Gasteiger partial charge in [0.05, 0.1) is 12.9 Å². The first-order valence-corrected chi connectivity index (χ1v) is 8.59. The summed E-state index contributed by atoms with van der Waals surface area (Å²) in [6.45, 7) is -0.580. The Labute approximate surface area is 119 Å². The Morgan fingerprint density at radius 3 is 2.60 bits per heavy atom. The number of hydrogen-bond donors (Lipinski definition) is 0. The van der Waals surface area contributed by atoms with Crippen LogP contribution in [0.1, 0.15) is 35.3 Å². The van der Waals surface area contributed by atoms with Gasteiger partial charge < -0.3 is 0 Å². The summed E-state index contributed by atoms with van der Waals surface area (Å²) in [4.78, 5) is -0.788. The Hall–Kier alpha value is -0.860. The van der Waals surface area contributed by atoms with E-state index in [9.17, 15) is 21.6 Å².